The fourth-order valence-corrected chi connectivity index (χ4v) is 1.19. The van der Waals surface area contributed by atoms with E-state index >= 15 is 0 Å². The lowest BCUT2D eigenvalue weighted by Gasteiger charge is -2.03. The Morgan fingerprint density at radius 2 is 2.29 bits per heavy atom. The maximum absolute atomic E-state index is 11.3. The fourth-order valence-electron chi connectivity index (χ4n) is 1.19. The van der Waals surface area contributed by atoms with Crippen LogP contribution in [-0.4, -0.2) is 21.0 Å². The lowest BCUT2D eigenvalue weighted by molar-refractivity contribution is -0.136. The van der Waals surface area contributed by atoms with E-state index in [4.69, 9.17) is 10.8 Å². The van der Waals surface area contributed by atoms with Gasteiger partial charge in [-0.05, 0) is 6.42 Å². The molecular formula is C8H11N3O3. The number of aromatic amines is 1. The van der Waals surface area contributed by atoms with E-state index in [1.165, 1.54) is 0 Å². The van der Waals surface area contributed by atoms with Crippen molar-refractivity contribution in [2.75, 3.05) is 5.73 Å². The average molecular weight is 197 g/mol. The standard InChI is InChI=1S/C8H11N3O3/c1-2-5-4(3-6(12)13)7(14)11-8(9)10-5/h2-3H2,1H3,(H,12,13)(H3,9,10,11,14). The number of hydrogen-bond donors (Lipinski definition) is 3. The summed E-state index contributed by atoms with van der Waals surface area (Å²) in [5.74, 6) is -1.04. The molecule has 1 aromatic rings. The van der Waals surface area contributed by atoms with E-state index in [1.807, 2.05) is 0 Å². The first-order chi connectivity index (χ1) is 6.54. The molecule has 0 spiro atoms. The first-order valence-corrected chi connectivity index (χ1v) is 4.14. The summed E-state index contributed by atoms with van der Waals surface area (Å²) in [5.41, 5.74) is 5.46. The smallest absolute Gasteiger partial charge is 0.308 e. The van der Waals surface area contributed by atoms with Crippen LogP contribution in [0.4, 0.5) is 5.95 Å². The number of carbonyl (C=O) groups is 1. The number of hydrogen-bond acceptors (Lipinski definition) is 4. The van der Waals surface area contributed by atoms with Crippen molar-refractivity contribution in [2.45, 2.75) is 19.8 Å². The Balaban J connectivity index is 3.25. The number of rotatable bonds is 3. The summed E-state index contributed by atoms with van der Waals surface area (Å²) in [6.07, 6.45) is 0.155. The first kappa shape index (κ1) is 10.2. The van der Waals surface area contributed by atoms with Crippen LogP contribution >= 0.6 is 0 Å². The number of nitrogen functional groups attached to an aromatic ring is 1. The van der Waals surface area contributed by atoms with Crippen molar-refractivity contribution in [3.63, 3.8) is 0 Å². The Morgan fingerprint density at radius 1 is 1.64 bits per heavy atom. The zero-order valence-electron chi connectivity index (χ0n) is 7.70. The van der Waals surface area contributed by atoms with Crippen molar-refractivity contribution < 1.29 is 9.90 Å². The number of nitrogens with one attached hydrogen (secondary N) is 1. The second-order valence-electron chi connectivity index (χ2n) is 2.80. The number of aryl methyl sites for hydroxylation is 1. The molecular weight excluding hydrogens is 186 g/mol. The highest BCUT2D eigenvalue weighted by Crippen LogP contribution is 2.03. The lowest BCUT2D eigenvalue weighted by atomic mass is 10.1. The topological polar surface area (TPSA) is 109 Å². The van der Waals surface area contributed by atoms with Crippen LogP contribution in [-0.2, 0) is 17.6 Å². The third-order valence-electron chi connectivity index (χ3n) is 1.78. The first-order valence-electron chi connectivity index (χ1n) is 4.14. The van der Waals surface area contributed by atoms with E-state index in [0.29, 0.717) is 12.1 Å². The summed E-state index contributed by atoms with van der Waals surface area (Å²) < 4.78 is 0. The minimum atomic E-state index is -1.06. The van der Waals surface area contributed by atoms with Crippen LogP contribution in [0.15, 0.2) is 4.79 Å². The normalized spacial score (nSPS) is 10.1. The molecule has 6 nitrogen and oxygen atoms in total. The molecule has 0 atom stereocenters. The van der Waals surface area contributed by atoms with Gasteiger partial charge in [0.25, 0.3) is 5.56 Å². The second kappa shape index (κ2) is 3.91. The third kappa shape index (κ3) is 2.09. The van der Waals surface area contributed by atoms with E-state index in [0.717, 1.165) is 0 Å². The van der Waals surface area contributed by atoms with E-state index in [2.05, 4.69) is 9.97 Å². The molecule has 76 valence electrons. The van der Waals surface area contributed by atoms with Crippen molar-refractivity contribution in [1.29, 1.82) is 0 Å². The molecule has 0 fully saturated rings. The van der Waals surface area contributed by atoms with Crippen LogP contribution in [0.2, 0.25) is 0 Å². The molecule has 1 rings (SSSR count). The van der Waals surface area contributed by atoms with Crippen LogP contribution in [0.5, 0.6) is 0 Å². The number of carboxylic acids is 1. The number of carboxylic acid groups (broad SMARTS) is 1. The molecule has 0 radical (unpaired) electrons. The summed E-state index contributed by atoms with van der Waals surface area (Å²) in [7, 11) is 0. The molecule has 0 aliphatic rings. The van der Waals surface area contributed by atoms with Gasteiger partial charge >= 0.3 is 5.97 Å². The maximum atomic E-state index is 11.3. The maximum Gasteiger partial charge on any atom is 0.308 e. The summed E-state index contributed by atoms with van der Waals surface area (Å²) in [6.45, 7) is 1.78. The van der Waals surface area contributed by atoms with Crippen LogP contribution < -0.4 is 11.3 Å². The van der Waals surface area contributed by atoms with Crippen LogP contribution in [0, 0.1) is 0 Å². The second-order valence-corrected chi connectivity index (χ2v) is 2.80. The SMILES string of the molecule is CCc1nc(N)[nH]c(=O)c1CC(=O)O. The number of aliphatic carboxylic acids is 1. The Bertz CT molecular complexity index is 411. The molecule has 0 aliphatic heterocycles. The van der Waals surface area contributed by atoms with Crippen LogP contribution in [0.25, 0.3) is 0 Å². The molecule has 1 heterocycles. The molecule has 0 unspecified atom stereocenters. The minimum absolute atomic E-state index is 0.0148. The highest BCUT2D eigenvalue weighted by atomic mass is 16.4. The van der Waals surface area contributed by atoms with Gasteiger partial charge in [0.1, 0.15) is 0 Å². The molecule has 6 heteroatoms. The molecule has 0 bridgehead atoms. The molecule has 0 aliphatic carbocycles. The van der Waals surface area contributed by atoms with Gasteiger partial charge in [-0.25, -0.2) is 4.98 Å². The van der Waals surface area contributed by atoms with Gasteiger partial charge in [0.15, 0.2) is 0 Å². The monoisotopic (exact) mass is 197 g/mol. The quantitative estimate of drug-likeness (QED) is 0.607. The van der Waals surface area contributed by atoms with Crippen molar-refractivity contribution >= 4 is 11.9 Å². The summed E-state index contributed by atoms with van der Waals surface area (Å²) in [4.78, 5) is 27.9. The van der Waals surface area contributed by atoms with Gasteiger partial charge in [0, 0.05) is 0 Å². The Kier molecular flexibility index (Phi) is 2.85. The largest absolute Gasteiger partial charge is 0.481 e. The summed E-state index contributed by atoms with van der Waals surface area (Å²) in [6, 6.07) is 0. The van der Waals surface area contributed by atoms with E-state index in [1.54, 1.807) is 6.92 Å². The van der Waals surface area contributed by atoms with Gasteiger partial charge < -0.3 is 10.8 Å². The molecule has 0 saturated carbocycles. The van der Waals surface area contributed by atoms with Gasteiger partial charge in [0.2, 0.25) is 5.95 Å². The van der Waals surface area contributed by atoms with E-state index in [-0.39, 0.29) is 17.9 Å². The molecule has 0 aromatic carbocycles. The number of aromatic nitrogens is 2. The number of anilines is 1. The minimum Gasteiger partial charge on any atom is -0.481 e. The number of nitrogens with zero attached hydrogens (tertiary/aromatic N) is 1. The van der Waals surface area contributed by atoms with Gasteiger partial charge in [0.05, 0.1) is 17.7 Å². The Morgan fingerprint density at radius 3 is 2.79 bits per heavy atom. The van der Waals surface area contributed by atoms with Crippen LogP contribution in [0.3, 0.4) is 0 Å². The molecule has 0 amide bonds. The average Bonchev–Trinajstić information content (AvgIpc) is 2.08. The number of H-pyrrole nitrogens is 1. The van der Waals surface area contributed by atoms with Crippen molar-refractivity contribution in [3.8, 4) is 0 Å². The van der Waals surface area contributed by atoms with Crippen LogP contribution in [0.1, 0.15) is 18.2 Å². The van der Waals surface area contributed by atoms with Gasteiger partial charge in [-0.2, -0.15) is 0 Å². The van der Waals surface area contributed by atoms with Gasteiger partial charge in [-0.15, -0.1) is 0 Å². The molecule has 0 saturated heterocycles. The zero-order valence-corrected chi connectivity index (χ0v) is 7.70. The molecule has 1 aromatic heterocycles. The van der Waals surface area contributed by atoms with Crippen molar-refractivity contribution in [2.24, 2.45) is 0 Å². The van der Waals surface area contributed by atoms with Gasteiger partial charge in [-0.1, -0.05) is 6.92 Å². The summed E-state index contributed by atoms with van der Waals surface area (Å²) in [5, 5.41) is 8.57. The highest BCUT2D eigenvalue weighted by Gasteiger charge is 2.12. The zero-order chi connectivity index (χ0) is 10.7. The molecule has 4 N–H and O–H groups in total. The third-order valence-corrected chi connectivity index (χ3v) is 1.78. The lowest BCUT2D eigenvalue weighted by Crippen LogP contribution is -2.22. The number of nitrogens with two attached hydrogens (primary N) is 1. The van der Waals surface area contributed by atoms with E-state index in [9.17, 15) is 9.59 Å². The van der Waals surface area contributed by atoms with E-state index < -0.39 is 11.5 Å². The Hall–Kier alpha value is -1.85. The fraction of sp³-hybridized carbons (Fsp3) is 0.375. The Labute approximate surface area is 79.8 Å². The highest BCUT2D eigenvalue weighted by molar-refractivity contribution is 5.70. The van der Waals surface area contributed by atoms with Crippen molar-refractivity contribution in [1.82, 2.24) is 9.97 Å². The molecule has 14 heavy (non-hydrogen) atoms. The van der Waals surface area contributed by atoms with Crippen molar-refractivity contribution in [3.05, 3.63) is 21.6 Å². The predicted molar refractivity (Wildman–Crippen MR) is 50.0 cm³/mol. The van der Waals surface area contributed by atoms with Gasteiger partial charge in [-0.3, -0.25) is 14.6 Å². The predicted octanol–water partition coefficient (Wildman–Crippen LogP) is -0.458. The summed E-state index contributed by atoms with van der Waals surface area (Å²) >= 11 is 0.